The molecule has 126 valence electrons. The van der Waals surface area contributed by atoms with Gasteiger partial charge in [0.05, 0.1) is 23.7 Å². The third-order valence-electron chi connectivity index (χ3n) is 5.12. The second-order valence-corrected chi connectivity index (χ2v) is 7.39. The van der Waals surface area contributed by atoms with E-state index in [9.17, 15) is 0 Å². The third kappa shape index (κ3) is 2.15. The first-order chi connectivity index (χ1) is 12.5. The molecule has 0 saturated heterocycles. The van der Waals surface area contributed by atoms with Crippen molar-refractivity contribution >= 4 is 46.8 Å². The van der Waals surface area contributed by atoms with Crippen LogP contribution in [0, 0.1) is 0 Å². The molecule has 5 rings (SSSR count). The highest BCUT2D eigenvalue weighted by molar-refractivity contribution is 6.17. The van der Waals surface area contributed by atoms with Gasteiger partial charge in [0.25, 0.3) is 0 Å². The van der Waals surface area contributed by atoms with Crippen molar-refractivity contribution in [3.63, 3.8) is 0 Å². The second-order valence-electron chi connectivity index (χ2n) is 7.39. The molecular formula is C22H19BN2O. The summed E-state index contributed by atoms with van der Waals surface area (Å²) in [7, 11) is 6.45. The Bertz CT molecular complexity index is 1130. The van der Waals surface area contributed by atoms with Gasteiger partial charge in [0.2, 0.25) is 0 Å². The molecule has 2 radical (unpaired) electrons. The fraction of sp³-hybridized carbons (Fsp3) is 0.182. The maximum absolute atomic E-state index is 6.45. The number of rotatable bonds is 2. The molecular weight excluding hydrogens is 319 g/mol. The largest absolute Gasteiger partial charge is 0.454 e. The molecule has 0 atom stereocenters. The van der Waals surface area contributed by atoms with Gasteiger partial charge in [-0.15, -0.1) is 0 Å². The van der Waals surface area contributed by atoms with Gasteiger partial charge in [-0.05, 0) is 29.7 Å². The van der Waals surface area contributed by atoms with Crippen LogP contribution in [0.1, 0.15) is 13.8 Å². The van der Waals surface area contributed by atoms with Crippen molar-refractivity contribution in [2.45, 2.75) is 19.3 Å². The van der Waals surface area contributed by atoms with E-state index in [2.05, 4.69) is 58.3 Å². The minimum Gasteiger partial charge on any atom is -0.454 e. The van der Waals surface area contributed by atoms with Gasteiger partial charge in [0.1, 0.15) is 13.4 Å². The molecule has 0 fully saturated rings. The second kappa shape index (κ2) is 5.31. The zero-order chi connectivity index (χ0) is 17.9. The quantitative estimate of drug-likeness (QED) is 0.456. The molecule has 3 aromatic carbocycles. The van der Waals surface area contributed by atoms with Crippen LogP contribution in [0.2, 0.25) is 0 Å². The predicted octanol–water partition coefficient (Wildman–Crippen LogP) is 5.41. The lowest BCUT2D eigenvalue weighted by atomic mass is 9.80. The molecule has 0 unspecified atom stereocenters. The molecule has 0 amide bonds. The van der Waals surface area contributed by atoms with Crippen LogP contribution in [0.4, 0.5) is 17.1 Å². The topological polar surface area (TPSA) is 19.6 Å². The maximum Gasteiger partial charge on any atom is 0.159 e. The number of fused-ring (bicyclic) bond motifs is 4. The van der Waals surface area contributed by atoms with Crippen LogP contribution < -0.4 is 9.80 Å². The van der Waals surface area contributed by atoms with Crippen molar-refractivity contribution in [3.8, 4) is 0 Å². The zero-order valence-corrected chi connectivity index (χ0v) is 14.9. The van der Waals surface area contributed by atoms with Gasteiger partial charge >= 0.3 is 0 Å². The van der Waals surface area contributed by atoms with E-state index < -0.39 is 5.44 Å². The number of para-hydroxylation sites is 4. The van der Waals surface area contributed by atoms with Crippen LogP contribution in [-0.2, 0) is 0 Å². The standard InChI is InChI=1S/C22H19BN2O/c1-22(2,23)25-14-24(17-10-4-5-11-18(17)25)19-12-7-9-16-15-8-3-6-13-20(15)26-21(16)19/h3-13H,14H2,1-2H3. The molecule has 0 aliphatic carbocycles. The van der Waals surface area contributed by atoms with Gasteiger partial charge < -0.3 is 14.2 Å². The molecule has 0 bridgehead atoms. The molecule has 1 aromatic heterocycles. The molecule has 0 N–H and O–H groups in total. The lowest BCUT2D eigenvalue weighted by molar-refractivity contribution is 0.638. The number of benzene rings is 3. The first-order valence-corrected chi connectivity index (χ1v) is 8.87. The van der Waals surface area contributed by atoms with Crippen LogP contribution >= 0.6 is 0 Å². The predicted molar refractivity (Wildman–Crippen MR) is 109 cm³/mol. The average molecular weight is 338 g/mol. The highest BCUT2D eigenvalue weighted by Gasteiger charge is 2.34. The highest BCUT2D eigenvalue weighted by Crippen LogP contribution is 2.45. The van der Waals surface area contributed by atoms with E-state index in [1.165, 1.54) is 0 Å². The van der Waals surface area contributed by atoms with E-state index in [1.807, 2.05) is 32.0 Å². The Labute approximate surface area is 154 Å². The Morgan fingerprint density at radius 2 is 1.46 bits per heavy atom. The summed E-state index contributed by atoms with van der Waals surface area (Å²) in [6.07, 6.45) is 0. The SMILES string of the molecule is [B]C(C)(C)N1CN(c2cccc3c2oc2ccccc23)c2ccccc21. The van der Waals surface area contributed by atoms with E-state index in [0.717, 1.165) is 39.0 Å². The van der Waals surface area contributed by atoms with Crippen molar-refractivity contribution in [3.05, 3.63) is 66.7 Å². The summed E-state index contributed by atoms with van der Waals surface area (Å²) in [5.74, 6) is 0. The van der Waals surface area contributed by atoms with E-state index in [-0.39, 0.29) is 0 Å². The van der Waals surface area contributed by atoms with Gasteiger partial charge in [-0.2, -0.15) is 0 Å². The molecule has 1 aliphatic heterocycles. The molecule has 3 nitrogen and oxygen atoms in total. The van der Waals surface area contributed by atoms with Crippen molar-refractivity contribution in [1.29, 1.82) is 0 Å². The number of furan rings is 1. The van der Waals surface area contributed by atoms with Crippen LogP contribution in [0.25, 0.3) is 21.9 Å². The summed E-state index contributed by atoms with van der Waals surface area (Å²) in [6.45, 7) is 4.77. The molecule has 2 heterocycles. The number of hydrogen-bond acceptors (Lipinski definition) is 3. The lowest BCUT2D eigenvalue weighted by Gasteiger charge is -2.35. The van der Waals surface area contributed by atoms with Crippen molar-refractivity contribution in [2.75, 3.05) is 16.5 Å². The van der Waals surface area contributed by atoms with Crippen LogP contribution in [0.3, 0.4) is 0 Å². The van der Waals surface area contributed by atoms with Crippen LogP contribution in [-0.4, -0.2) is 20.0 Å². The van der Waals surface area contributed by atoms with Crippen molar-refractivity contribution < 1.29 is 4.42 Å². The number of anilines is 3. The first-order valence-electron chi connectivity index (χ1n) is 8.87. The molecule has 4 heteroatoms. The molecule has 26 heavy (non-hydrogen) atoms. The smallest absolute Gasteiger partial charge is 0.159 e. The fourth-order valence-electron chi connectivity index (χ4n) is 3.86. The van der Waals surface area contributed by atoms with Crippen molar-refractivity contribution in [1.82, 2.24) is 0 Å². The van der Waals surface area contributed by atoms with Crippen molar-refractivity contribution in [2.24, 2.45) is 0 Å². The number of hydrogen-bond donors (Lipinski definition) is 0. The number of nitrogens with zero attached hydrogens (tertiary/aromatic N) is 2. The van der Waals surface area contributed by atoms with E-state index >= 15 is 0 Å². The Kier molecular flexibility index (Phi) is 3.14. The lowest BCUT2D eigenvalue weighted by Crippen LogP contribution is -2.45. The summed E-state index contributed by atoms with van der Waals surface area (Å²) in [5.41, 5.74) is 4.75. The maximum atomic E-state index is 6.45. The van der Waals surface area contributed by atoms with Gasteiger partial charge in [0, 0.05) is 10.8 Å². The first kappa shape index (κ1) is 15.4. The summed E-state index contributed by atoms with van der Waals surface area (Å²) in [6, 6.07) is 22.9. The monoisotopic (exact) mass is 338 g/mol. The van der Waals surface area contributed by atoms with Gasteiger partial charge in [-0.3, -0.25) is 0 Å². The fourth-order valence-corrected chi connectivity index (χ4v) is 3.86. The summed E-state index contributed by atoms with van der Waals surface area (Å²) in [5, 5.41) is 2.29. The van der Waals surface area contributed by atoms with Crippen LogP contribution in [0.15, 0.2) is 71.1 Å². The summed E-state index contributed by atoms with van der Waals surface area (Å²) < 4.78 is 6.24. The zero-order valence-electron chi connectivity index (χ0n) is 14.9. The summed E-state index contributed by atoms with van der Waals surface area (Å²) in [4.78, 5) is 4.51. The van der Waals surface area contributed by atoms with E-state index in [4.69, 9.17) is 12.3 Å². The Morgan fingerprint density at radius 3 is 2.27 bits per heavy atom. The Balaban J connectivity index is 1.74. The van der Waals surface area contributed by atoms with Gasteiger partial charge in [-0.1, -0.05) is 56.3 Å². The summed E-state index contributed by atoms with van der Waals surface area (Å²) >= 11 is 0. The van der Waals surface area contributed by atoms with Gasteiger partial charge in [0.15, 0.2) is 5.58 Å². The third-order valence-corrected chi connectivity index (χ3v) is 5.12. The average Bonchev–Trinajstić information content (AvgIpc) is 3.20. The Hall–Kier alpha value is -2.88. The minimum atomic E-state index is -0.452. The molecule has 1 aliphatic rings. The molecule has 0 saturated carbocycles. The van der Waals surface area contributed by atoms with Crippen LogP contribution in [0.5, 0.6) is 0 Å². The highest BCUT2D eigenvalue weighted by atomic mass is 16.3. The van der Waals surface area contributed by atoms with E-state index in [1.54, 1.807) is 0 Å². The molecule has 0 spiro atoms. The normalized spacial score (nSPS) is 14.4. The minimum absolute atomic E-state index is 0.452. The van der Waals surface area contributed by atoms with Gasteiger partial charge in [-0.25, -0.2) is 0 Å². The Morgan fingerprint density at radius 1 is 0.808 bits per heavy atom. The molecule has 4 aromatic rings. The van der Waals surface area contributed by atoms with E-state index in [0.29, 0.717) is 6.67 Å².